The van der Waals surface area contributed by atoms with Crippen molar-refractivity contribution in [2.45, 2.75) is 5.16 Å². The lowest BCUT2D eigenvalue weighted by atomic mass is 10.1. The molecule has 4 rings (SSSR count). The molecule has 3 aromatic carbocycles. The van der Waals surface area contributed by atoms with Crippen molar-refractivity contribution in [2.24, 2.45) is 0 Å². The van der Waals surface area contributed by atoms with Crippen LogP contribution in [0.4, 0.5) is 0 Å². The van der Waals surface area contributed by atoms with E-state index in [4.69, 9.17) is 11.6 Å². The van der Waals surface area contributed by atoms with Gasteiger partial charge in [-0.2, -0.15) is 0 Å². The van der Waals surface area contributed by atoms with E-state index in [-0.39, 0.29) is 5.78 Å². The summed E-state index contributed by atoms with van der Waals surface area (Å²) in [5, 5.41) is 1.34. The van der Waals surface area contributed by atoms with Crippen LogP contribution in [0.5, 0.6) is 0 Å². The maximum absolute atomic E-state index is 13.1. The van der Waals surface area contributed by atoms with Gasteiger partial charge < -0.3 is 4.98 Å². The van der Waals surface area contributed by atoms with E-state index in [0.29, 0.717) is 20.6 Å². The lowest BCUT2D eigenvalue weighted by Gasteiger charge is -2.06. The first-order valence-corrected chi connectivity index (χ1v) is 9.58. The normalized spacial score (nSPS) is 11.7. The number of allylic oxidation sites excluding steroid dienone is 1. The van der Waals surface area contributed by atoms with Gasteiger partial charge in [0.25, 0.3) is 0 Å². The minimum absolute atomic E-state index is 0.0454. The van der Waals surface area contributed by atoms with Gasteiger partial charge in [-0.1, -0.05) is 66.2 Å². The van der Waals surface area contributed by atoms with E-state index in [0.717, 1.165) is 16.6 Å². The summed E-state index contributed by atoms with van der Waals surface area (Å²) in [7, 11) is 0. The first-order valence-electron chi connectivity index (χ1n) is 8.39. The van der Waals surface area contributed by atoms with Crippen molar-refractivity contribution in [3.63, 3.8) is 0 Å². The number of rotatable bonds is 5. The summed E-state index contributed by atoms with van der Waals surface area (Å²) in [4.78, 5) is 21.5. The number of benzene rings is 3. The smallest absolute Gasteiger partial charge is 0.199 e. The van der Waals surface area contributed by atoms with Gasteiger partial charge in [0.1, 0.15) is 0 Å². The largest absolute Gasteiger partial charge is 0.333 e. The Labute approximate surface area is 166 Å². The molecule has 1 heterocycles. The van der Waals surface area contributed by atoms with Crippen LogP contribution in [-0.2, 0) is 0 Å². The van der Waals surface area contributed by atoms with E-state index < -0.39 is 0 Å². The number of hydrogen-bond acceptors (Lipinski definition) is 3. The molecule has 132 valence electrons. The van der Waals surface area contributed by atoms with Crippen LogP contribution < -0.4 is 0 Å². The summed E-state index contributed by atoms with van der Waals surface area (Å²) in [5.74, 6) is -0.0454. The number of aromatic amines is 1. The van der Waals surface area contributed by atoms with Gasteiger partial charge in [0.15, 0.2) is 10.9 Å². The van der Waals surface area contributed by atoms with Gasteiger partial charge in [0.2, 0.25) is 0 Å². The maximum atomic E-state index is 13.1. The molecule has 0 saturated carbocycles. The number of ketones is 1. The fraction of sp³-hybridized carbons (Fsp3) is 0. The molecule has 0 fully saturated rings. The number of thioether (sulfide) groups is 1. The lowest BCUT2D eigenvalue weighted by Crippen LogP contribution is -2.01. The van der Waals surface area contributed by atoms with Crippen LogP contribution in [0.25, 0.3) is 17.1 Å². The zero-order valence-electron chi connectivity index (χ0n) is 14.2. The van der Waals surface area contributed by atoms with Crippen LogP contribution in [0.2, 0.25) is 5.02 Å². The second kappa shape index (κ2) is 7.82. The Bertz CT molecular complexity index is 1080. The molecule has 0 aliphatic heterocycles. The van der Waals surface area contributed by atoms with E-state index in [9.17, 15) is 4.79 Å². The fourth-order valence-corrected chi connectivity index (χ4v) is 3.71. The Balaban J connectivity index is 1.72. The van der Waals surface area contributed by atoms with E-state index in [1.54, 1.807) is 0 Å². The van der Waals surface area contributed by atoms with Crippen molar-refractivity contribution in [3.05, 3.63) is 99.9 Å². The molecule has 0 unspecified atom stereocenters. The fourth-order valence-electron chi connectivity index (χ4n) is 2.67. The van der Waals surface area contributed by atoms with E-state index in [2.05, 4.69) is 9.97 Å². The molecule has 1 N–H and O–H groups in total. The first kappa shape index (κ1) is 17.6. The zero-order chi connectivity index (χ0) is 18.6. The minimum atomic E-state index is -0.0454. The highest BCUT2D eigenvalue weighted by Gasteiger charge is 2.16. The Morgan fingerprint density at radius 2 is 1.63 bits per heavy atom. The Kier molecular flexibility index (Phi) is 5.10. The third-order valence-electron chi connectivity index (χ3n) is 4.00. The summed E-state index contributed by atoms with van der Waals surface area (Å²) in [6, 6.07) is 24.4. The molecule has 0 atom stereocenters. The number of hydrogen-bond donors (Lipinski definition) is 1. The molecule has 4 aromatic rings. The SMILES string of the molecule is O=C(/C(=C/c1ccc(Cl)cc1)Sc1nc2ccccc2[nH]1)c1ccccc1. The van der Waals surface area contributed by atoms with Gasteiger partial charge in [-0.05, 0) is 47.7 Å². The van der Waals surface area contributed by atoms with E-state index >= 15 is 0 Å². The van der Waals surface area contributed by atoms with Crippen molar-refractivity contribution in [1.29, 1.82) is 0 Å². The zero-order valence-corrected chi connectivity index (χ0v) is 15.8. The second-order valence-corrected chi connectivity index (χ2v) is 7.38. The number of imidazole rings is 1. The number of nitrogens with one attached hydrogen (secondary N) is 1. The van der Waals surface area contributed by atoms with Crippen LogP contribution in [0, 0.1) is 0 Å². The molecule has 0 aliphatic carbocycles. The highest BCUT2D eigenvalue weighted by Crippen LogP contribution is 2.30. The van der Waals surface area contributed by atoms with Crippen LogP contribution in [0.1, 0.15) is 15.9 Å². The van der Waals surface area contributed by atoms with Crippen molar-refractivity contribution < 1.29 is 4.79 Å². The van der Waals surface area contributed by atoms with Gasteiger partial charge in [-0.3, -0.25) is 4.79 Å². The number of Topliss-reactive ketones (excluding diaryl/α,β-unsaturated/α-hetero) is 1. The van der Waals surface area contributed by atoms with E-state index in [1.807, 2.05) is 84.9 Å². The Morgan fingerprint density at radius 3 is 2.37 bits per heavy atom. The Morgan fingerprint density at radius 1 is 0.926 bits per heavy atom. The van der Waals surface area contributed by atoms with Crippen molar-refractivity contribution in [3.8, 4) is 0 Å². The molecule has 0 saturated heterocycles. The number of para-hydroxylation sites is 2. The molecule has 0 aliphatic rings. The predicted molar refractivity (Wildman–Crippen MR) is 112 cm³/mol. The quantitative estimate of drug-likeness (QED) is 0.249. The Hall–Kier alpha value is -2.82. The number of aromatic nitrogens is 2. The van der Waals surface area contributed by atoms with Gasteiger partial charge in [0.05, 0.1) is 15.9 Å². The second-order valence-electron chi connectivity index (χ2n) is 5.92. The monoisotopic (exact) mass is 390 g/mol. The maximum Gasteiger partial charge on any atom is 0.199 e. The van der Waals surface area contributed by atoms with Gasteiger partial charge in [-0.25, -0.2) is 4.98 Å². The molecule has 5 heteroatoms. The summed E-state index contributed by atoms with van der Waals surface area (Å²) >= 11 is 7.30. The molecule has 0 amide bonds. The first-order chi connectivity index (χ1) is 13.2. The summed E-state index contributed by atoms with van der Waals surface area (Å²) in [6.45, 7) is 0. The molecular weight excluding hydrogens is 376 g/mol. The number of carbonyl (C=O) groups excluding carboxylic acids is 1. The number of H-pyrrole nitrogens is 1. The standard InChI is InChI=1S/C22H15ClN2OS/c23-17-12-10-15(11-13-17)14-20(21(26)16-6-2-1-3-7-16)27-22-24-18-8-4-5-9-19(18)25-22/h1-14H,(H,24,25)/b20-14-. The summed E-state index contributed by atoms with van der Waals surface area (Å²) in [6.07, 6.45) is 1.86. The molecular formula is C22H15ClN2OS. The molecule has 0 spiro atoms. The highest BCUT2D eigenvalue weighted by molar-refractivity contribution is 8.04. The van der Waals surface area contributed by atoms with Crippen LogP contribution in [-0.4, -0.2) is 15.8 Å². The summed E-state index contributed by atoms with van der Waals surface area (Å²) in [5.41, 5.74) is 3.36. The van der Waals surface area contributed by atoms with Crippen molar-refractivity contribution >= 4 is 46.3 Å². The third kappa shape index (κ3) is 4.13. The van der Waals surface area contributed by atoms with Crippen molar-refractivity contribution in [2.75, 3.05) is 0 Å². The van der Waals surface area contributed by atoms with Gasteiger partial charge in [-0.15, -0.1) is 0 Å². The molecule has 1 aromatic heterocycles. The number of fused-ring (bicyclic) bond motifs is 1. The third-order valence-corrected chi connectivity index (χ3v) is 5.16. The van der Waals surface area contributed by atoms with Gasteiger partial charge in [0, 0.05) is 10.6 Å². The van der Waals surface area contributed by atoms with Crippen LogP contribution >= 0.6 is 23.4 Å². The number of halogens is 1. The topological polar surface area (TPSA) is 45.8 Å². The number of nitrogens with zero attached hydrogens (tertiary/aromatic N) is 1. The van der Waals surface area contributed by atoms with E-state index in [1.165, 1.54) is 11.8 Å². The highest BCUT2D eigenvalue weighted by atomic mass is 35.5. The molecule has 3 nitrogen and oxygen atoms in total. The molecule has 0 bridgehead atoms. The number of carbonyl (C=O) groups is 1. The molecule has 27 heavy (non-hydrogen) atoms. The predicted octanol–water partition coefficient (Wildman–Crippen LogP) is 6.23. The minimum Gasteiger partial charge on any atom is -0.333 e. The summed E-state index contributed by atoms with van der Waals surface area (Å²) < 4.78 is 0. The van der Waals surface area contributed by atoms with Crippen LogP contribution in [0.3, 0.4) is 0 Å². The van der Waals surface area contributed by atoms with Gasteiger partial charge >= 0.3 is 0 Å². The lowest BCUT2D eigenvalue weighted by molar-refractivity contribution is 0.104. The average Bonchev–Trinajstić information content (AvgIpc) is 3.11. The van der Waals surface area contributed by atoms with Crippen LogP contribution in [0.15, 0.2) is 88.9 Å². The average molecular weight is 391 g/mol. The molecule has 0 radical (unpaired) electrons. The van der Waals surface area contributed by atoms with Crippen molar-refractivity contribution in [1.82, 2.24) is 9.97 Å².